The van der Waals surface area contributed by atoms with Crippen molar-refractivity contribution in [2.45, 2.75) is 103 Å². The Morgan fingerprint density at radius 1 is 0.595 bits per heavy atom. The van der Waals surface area contributed by atoms with Gasteiger partial charge in [0, 0.05) is 21.5 Å². The van der Waals surface area contributed by atoms with Crippen LogP contribution in [0.3, 0.4) is 0 Å². The molecule has 2 aliphatic carbocycles. The molecule has 0 aliphatic heterocycles. The van der Waals surface area contributed by atoms with Gasteiger partial charge in [0.1, 0.15) is 23.7 Å². The number of hydrogen-bond donors (Lipinski definition) is 0. The van der Waals surface area contributed by atoms with Crippen molar-refractivity contribution in [3.05, 3.63) is 48.5 Å². The van der Waals surface area contributed by atoms with Gasteiger partial charge in [-0.2, -0.15) is 0 Å². The molecule has 0 amide bonds. The first-order valence-electron chi connectivity index (χ1n) is 16.1. The first-order valence-corrected chi connectivity index (χ1v) is 16.1. The van der Waals surface area contributed by atoms with Gasteiger partial charge in [-0.05, 0) is 51.4 Å². The zero-order valence-electron chi connectivity index (χ0n) is 25.3. The van der Waals surface area contributed by atoms with Crippen LogP contribution in [0.5, 0.6) is 11.5 Å². The molecule has 2 saturated carbocycles. The number of hydrogen-bond acceptors (Lipinski definition) is 6. The van der Waals surface area contributed by atoms with Gasteiger partial charge in [0.05, 0.1) is 26.1 Å². The molecule has 0 heterocycles. The second kappa shape index (κ2) is 14.8. The topological polar surface area (TPSA) is 71.1 Å². The molecule has 2 unspecified atom stereocenters. The van der Waals surface area contributed by atoms with Gasteiger partial charge >= 0.3 is 11.9 Å². The lowest BCUT2D eigenvalue weighted by Crippen LogP contribution is -2.22. The molecule has 0 bridgehead atoms. The van der Waals surface area contributed by atoms with Crippen LogP contribution in [0.2, 0.25) is 0 Å². The fraction of sp³-hybridized carbons (Fsp3) is 0.556. The highest BCUT2D eigenvalue weighted by Gasteiger charge is 2.23. The molecule has 0 N–H and O–H groups in total. The second-order valence-electron chi connectivity index (χ2n) is 12.4. The summed E-state index contributed by atoms with van der Waals surface area (Å²) in [5.41, 5.74) is 0. The number of rotatable bonds is 12. The minimum absolute atomic E-state index is 0.188. The van der Waals surface area contributed by atoms with Crippen molar-refractivity contribution >= 4 is 33.5 Å². The van der Waals surface area contributed by atoms with Crippen molar-refractivity contribution < 1.29 is 28.5 Å². The van der Waals surface area contributed by atoms with E-state index >= 15 is 0 Å². The van der Waals surface area contributed by atoms with E-state index in [0.717, 1.165) is 58.7 Å². The Balaban J connectivity index is 1.28. The van der Waals surface area contributed by atoms with Crippen molar-refractivity contribution in [2.24, 2.45) is 11.8 Å². The molecule has 0 saturated heterocycles. The first kappa shape index (κ1) is 30.2. The van der Waals surface area contributed by atoms with E-state index in [4.69, 9.17) is 18.9 Å². The number of ether oxygens (including phenoxy) is 4. The van der Waals surface area contributed by atoms with E-state index < -0.39 is 0 Å². The molecule has 0 radical (unpaired) electrons. The predicted octanol–water partition coefficient (Wildman–Crippen LogP) is 8.55. The molecule has 2 fully saturated rings. The zero-order valence-corrected chi connectivity index (χ0v) is 25.3. The van der Waals surface area contributed by atoms with E-state index in [1.807, 2.05) is 62.4 Å². The van der Waals surface area contributed by atoms with Crippen molar-refractivity contribution in [3.8, 4) is 11.5 Å². The minimum atomic E-state index is -0.361. The molecule has 0 aromatic heterocycles. The normalized spacial score (nSPS) is 18.0. The predicted molar refractivity (Wildman–Crippen MR) is 166 cm³/mol. The Morgan fingerprint density at radius 3 is 1.26 bits per heavy atom. The maximum absolute atomic E-state index is 12.7. The zero-order chi connectivity index (χ0) is 29.3. The summed E-state index contributed by atoms with van der Waals surface area (Å²) in [5, 5.41) is 3.61. The number of fused-ring (bicyclic) bond motifs is 2. The van der Waals surface area contributed by atoms with E-state index in [9.17, 15) is 9.59 Å². The highest BCUT2D eigenvalue weighted by Crippen LogP contribution is 2.43. The van der Waals surface area contributed by atoms with Crippen LogP contribution in [-0.2, 0) is 19.1 Å². The summed E-state index contributed by atoms with van der Waals surface area (Å²) in [5.74, 6) is 1.99. The Labute approximate surface area is 250 Å². The quantitative estimate of drug-likeness (QED) is 0.159. The maximum Gasteiger partial charge on any atom is 0.309 e. The van der Waals surface area contributed by atoms with Gasteiger partial charge in [-0.3, -0.25) is 9.59 Å². The van der Waals surface area contributed by atoms with Crippen LogP contribution in [0.25, 0.3) is 21.5 Å². The standard InChI is InChI=1S/C36H46O6/c1-25(21-33(37)39-23-27-13-5-3-6-14-27)41-35-29-17-9-11-19-31(29)36(32-20-12-10-18-30(32)35)42-26(2)22-34(38)40-24-28-15-7-4-8-16-28/h9-12,17-20,25-28H,3-8,13-16,21-24H2,1-2H3. The van der Waals surface area contributed by atoms with Gasteiger partial charge in [-0.15, -0.1) is 0 Å². The van der Waals surface area contributed by atoms with Crippen LogP contribution in [0.15, 0.2) is 48.5 Å². The van der Waals surface area contributed by atoms with E-state index in [0.29, 0.717) is 25.0 Å². The number of carbonyl (C=O) groups is 2. The lowest BCUT2D eigenvalue weighted by Gasteiger charge is -2.23. The van der Waals surface area contributed by atoms with Crippen molar-refractivity contribution in [3.63, 3.8) is 0 Å². The molecule has 5 rings (SSSR count). The van der Waals surface area contributed by atoms with Crippen LogP contribution in [0.4, 0.5) is 0 Å². The Hall–Kier alpha value is -3.28. The fourth-order valence-corrected chi connectivity index (χ4v) is 6.50. The third-order valence-corrected chi connectivity index (χ3v) is 8.79. The number of carbonyl (C=O) groups excluding carboxylic acids is 2. The van der Waals surface area contributed by atoms with Crippen LogP contribution < -0.4 is 9.47 Å². The molecule has 42 heavy (non-hydrogen) atoms. The van der Waals surface area contributed by atoms with Crippen LogP contribution in [-0.4, -0.2) is 37.4 Å². The molecule has 2 aliphatic rings. The van der Waals surface area contributed by atoms with Crippen LogP contribution >= 0.6 is 0 Å². The smallest absolute Gasteiger partial charge is 0.309 e. The maximum atomic E-state index is 12.7. The lowest BCUT2D eigenvalue weighted by molar-refractivity contribution is -0.148. The molecule has 226 valence electrons. The summed E-state index contributed by atoms with van der Waals surface area (Å²) in [6.07, 6.45) is 11.7. The van der Waals surface area contributed by atoms with Crippen LogP contribution in [0, 0.1) is 11.8 Å². The van der Waals surface area contributed by atoms with E-state index in [1.165, 1.54) is 38.5 Å². The van der Waals surface area contributed by atoms with Crippen molar-refractivity contribution in [2.75, 3.05) is 13.2 Å². The van der Waals surface area contributed by atoms with Crippen molar-refractivity contribution in [1.82, 2.24) is 0 Å². The summed E-state index contributed by atoms with van der Waals surface area (Å²) in [7, 11) is 0. The fourth-order valence-electron chi connectivity index (χ4n) is 6.50. The third kappa shape index (κ3) is 7.96. The molecule has 0 spiro atoms. The van der Waals surface area contributed by atoms with Gasteiger partial charge in [-0.25, -0.2) is 0 Å². The SMILES string of the molecule is CC(CC(=O)OCC1CCCCC1)Oc1c2ccccc2c(OC(C)CC(=O)OCC2CCCCC2)c2ccccc12. The first-order chi connectivity index (χ1) is 20.5. The summed E-state index contributed by atoms with van der Waals surface area (Å²) in [6.45, 7) is 4.85. The molecule has 6 nitrogen and oxygen atoms in total. The molecule has 2 atom stereocenters. The van der Waals surface area contributed by atoms with E-state index in [-0.39, 0.29) is 37.0 Å². The highest BCUT2D eigenvalue weighted by molar-refractivity contribution is 6.11. The van der Waals surface area contributed by atoms with Gasteiger partial charge in [0.25, 0.3) is 0 Å². The highest BCUT2D eigenvalue weighted by atomic mass is 16.5. The van der Waals surface area contributed by atoms with Gasteiger partial charge in [0.15, 0.2) is 0 Å². The molecule has 3 aromatic carbocycles. The summed E-state index contributed by atoms with van der Waals surface area (Å²) < 4.78 is 24.2. The lowest BCUT2D eigenvalue weighted by atomic mass is 9.90. The number of benzene rings is 3. The summed E-state index contributed by atoms with van der Waals surface area (Å²) in [6, 6.07) is 16.0. The average Bonchev–Trinajstić information content (AvgIpc) is 3.01. The molecule has 3 aromatic rings. The van der Waals surface area contributed by atoms with Crippen LogP contribution in [0.1, 0.15) is 90.9 Å². The molecule has 6 heteroatoms. The Kier molecular flexibility index (Phi) is 10.6. The largest absolute Gasteiger partial charge is 0.489 e. The van der Waals surface area contributed by atoms with Gasteiger partial charge in [0.2, 0.25) is 0 Å². The Bertz CT molecular complexity index is 1180. The summed E-state index contributed by atoms with van der Waals surface area (Å²) in [4.78, 5) is 25.3. The monoisotopic (exact) mass is 574 g/mol. The summed E-state index contributed by atoms with van der Waals surface area (Å²) >= 11 is 0. The average molecular weight is 575 g/mol. The molecular formula is C36H46O6. The third-order valence-electron chi connectivity index (χ3n) is 8.79. The van der Waals surface area contributed by atoms with E-state index in [1.54, 1.807) is 0 Å². The minimum Gasteiger partial charge on any atom is -0.489 e. The van der Waals surface area contributed by atoms with Crippen molar-refractivity contribution in [1.29, 1.82) is 0 Å². The molecular weight excluding hydrogens is 528 g/mol. The van der Waals surface area contributed by atoms with Gasteiger partial charge in [-0.1, -0.05) is 87.1 Å². The Morgan fingerprint density at radius 2 is 0.929 bits per heavy atom. The van der Waals surface area contributed by atoms with E-state index in [2.05, 4.69) is 0 Å². The van der Waals surface area contributed by atoms with Gasteiger partial charge < -0.3 is 18.9 Å². The second-order valence-corrected chi connectivity index (χ2v) is 12.4. The number of esters is 2.